The Hall–Kier alpha value is -0.330. The summed E-state index contributed by atoms with van der Waals surface area (Å²) in [7, 11) is 0. The van der Waals surface area contributed by atoms with Gasteiger partial charge in [0.1, 0.15) is 6.29 Å². The van der Waals surface area contributed by atoms with E-state index in [4.69, 9.17) is 0 Å². The van der Waals surface area contributed by atoms with E-state index in [2.05, 4.69) is 13.8 Å². The zero-order valence-corrected chi connectivity index (χ0v) is 9.25. The Kier molecular flexibility index (Phi) is 1.55. The van der Waals surface area contributed by atoms with Crippen LogP contribution in [0.2, 0.25) is 0 Å². The van der Waals surface area contributed by atoms with E-state index in [-0.39, 0.29) is 5.41 Å². The zero-order chi connectivity index (χ0) is 9.97. The molecule has 3 aliphatic rings. The summed E-state index contributed by atoms with van der Waals surface area (Å²) < 4.78 is 0. The van der Waals surface area contributed by atoms with Gasteiger partial charge in [0.05, 0.1) is 0 Å². The van der Waals surface area contributed by atoms with Gasteiger partial charge < -0.3 is 4.79 Å². The van der Waals surface area contributed by atoms with Crippen molar-refractivity contribution in [2.24, 2.45) is 28.6 Å². The van der Waals surface area contributed by atoms with Gasteiger partial charge in [0.2, 0.25) is 0 Å². The lowest BCUT2D eigenvalue weighted by atomic mass is 9.68. The van der Waals surface area contributed by atoms with Crippen molar-refractivity contribution in [3.63, 3.8) is 0 Å². The summed E-state index contributed by atoms with van der Waals surface area (Å²) in [5.41, 5.74) is 0.606. The fourth-order valence-corrected chi connectivity index (χ4v) is 5.15. The van der Waals surface area contributed by atoms with Crippen molar-refractivity contribution in [3.8, 4) is 0 Å². The summed E-state index contributed by atoms with van der Waals surface area (Å²) in [4.78, 5) is 11.3. The van der Waals surface area contributed by atoms with E-state index in [9.17, 15) is 4.79 Å². The summed E-state index contributed by atoms with van der Waals surface area (Å²) in [6.45, 7) is 4.59. The highest BCUT2D eigenvalue weighted by Gasteiger charge is 2.64. The molecular formula is C13H20O. The molecule has 0 aromatic carbocycles. The molecule has 78 valence electrons. The number of carbonyl (C=O) groups excluding carboxylic acids is 1. The quantitative estimate of drug-likeness (QED) is 0.584. The number of hydrogen-bond acceptors (Lipinski definition) is 1. The molecule has 0 N–H and O–H groups in total. The lowest BCUT2D eigenvalue weighted by Gasteiger charge is -2.36. The van der Waals surface area contributed by atoms with E-state index in [1.54, 1.807) is 0 Å². The molecule has 0 saturated heterocycles. The highest BCUT2D eigenvalue weighted by atomic mass is 16.1. The molecule has 3 saturated carbocycles. The van der Waals surface area contributed by atoms with E-state index in [0.29, 0.717) is 5.41 Å². The van der Waals surface area contributed by atoms with Crippen molar-refractivity contribution in [2.75, 3.05) is 0 Å². The van der Waals surface area contributed by atoms with Gasteiger partial charge in [-0.3, -0.25) is 0 Å². The number of aldehydes is 1. The van der Waals surface area contributed by atoms with Crippen molar-refractivity contribution in [1.29, 1.82) is 0 Å². The van der Waals surface area contributed by atoms with Crippen LogP contribution in [0.5, 0.6) is 0 Å². The van der Waals surface area contributed by atoms with Crippen LogP contribution < -0.4 is 0 Å². The highest BCUT2D eigenvalue weighted by Crippen LogP contribution is 2.71. The molecule has 1 nitrogen and oxygen atoms in total. The molecule has 3 fully saturated rings. The van der Waals surface area contributed by atoms with Crippen molar-refractivity contribution < 1.29 is 4.79 Å². The highest BCUT2D eigenvalue weighted by molar-refractivity contribution is 5.61. The molecule has 0 radical (unpaired) electrons. The minimum Gasteiger partial charge on any atom is -0.303 e. The number of hydrogen-bond donors (Lipinski definition) is 0. The van der Waals surface area contributed by atoms with Crippen molar-refractivity contribution in [3.05, 3.63) is 0 Å². The van der Waals surface area contributed by atoms with E-state index >= 15 is 0 Å². The normalized spacial score (nSPS) is 60.3. The van der Waals surface area contributed by atoms with E-state index in [0.717, 1.165) is 24.2 Å². The number of rotatable bonds is 1. The van der Waals surface area contributed by atoms with E-state index in [1.165, 1.54) is 32.0 Å². The molecule has 1 heteroatoms. The molecule has 3 aliphatic carbocycles. The summed E-state index contributed by atoms with van der Waals surface area (Å²) in [6, 6.07) is 0. The predicted molar refractivity (Wildman–Crippen MR) is 55.8 cm³/mol. The SMILES string of the molecule is CC1CC(C)(C=O)C2CC3CCC12C3. The predicted octanol–water partition coefficient (Wildman–Crippen LogP) is 3.04. The van der Waals surface area contributed by atoms with Gasteiger partial charge in [-0.1, -0.05) is 13.8 Å². The Morgan fingerprint density at radius 1 is 1.36 bits per heavy atom. The van der Waals surface area contributed by atoms with Crippen LogP contribution in [0.15, 0.2) is 0 Å². The van der Waals surface area contributed by atoms with Crippen LogP contribution >= 0.6 is 0 Å². The Balaban J connectivity index is 2.03. The summed E-state index contributed by atoms with van der Waals surface area (Å²) in [5, 5.41) is 0. The maximum Gasteiger partial charge on any atom is 0.126 e. The minimum absolute atomic E-state index is 0.0224. The van der Waals surface area contributed by atoms with E-state index < -0.39 is 0 Å². The zero-order valence-electron chi connectivity index (χ0n) is 9.25. The average Bonchev–Trinajstić information content (AvgIpc) is 2.79. The van der Waals surface area contributed by atoms with Crippen LogP contribution in [0.3, 0.4) is 0 Å². The largest absolute Gasteiger partial charge is 0.303 e. The van der Waals surface area contributed by atoms with Gasteiger partial charge in [0.25, 0.3) is 0 Å². The van der Waals surface area contributed by atoms with Crippen molar-refractivity contribution in [1.82, 2.24) is 0 Å². The van der Waals surface area contributed by atoms with Gasteiger partial charge in [-0.05, 0) is 55.3 Å². The first-order valence-corrected chi connectivity index (χ1v) is 6.07. The molecule has 0 amide bonds. The summed E-state index contributed by atoms with van der Waals surface area (Å²) in [6.07, 6.45) is 8.04. The first-order valence-electron chi connectivity index (χ1n) is 6.07. The Labute approximate surface area is 86.3 Å². The van der Waals surface area contributed by atoms with Gasteiger partial charge in [-0.15, -0.1) is 0 Å². The van der Waals surface area contributed by atoms with Crippen LogP contribution in [-0.2, 0) is 4.79 Å². The molecular weight excluding hydrogens is 172 g/mol. The fraction of sp³-hybridized carbons (Fsp3) is 0.923. The molecule has 3 rings (SSSR count). The molecule has 0 heterocycles. The van der Waals surface area contributed by atoms with Crippen LogP contribution in [0.25, 0.3) is 0 Å². The second kappa shape index (κ2) is 2.43. The number of carbonyl (C=O) groups is 1. The fourth-order valence-electron chi connectivity index (χ4n) is 5.15. The summed E-state index contributed by atoms with van der Waals surface area (Å²) in [5.74, 6) is 2.47. The van der Waals surface area contributed by atoms with Crippen LogP contribution in [0, 0.1) is 28.6 Å². The molecule has 0 aromatic rings. The van der Waals surface area contributed by atoms with Crippen LogP contribution in [0.4, 0.5) is 0 Å². The topological polar surface area (TPSA) is 17.1 Å². The third kappa shape index (κ3) is 0.803. The maximum absolute atomic E-state index is 11.3. The molecule has 1 spiro atoms. The van der Waals surface area contributed by atoms with Gasteiger partial charge in [0.15, 0.2) is 0 Å². The Morgan fingerprint density at radius 2 is 2.14 bits per heavy atom. The number of fused-ring (bicyclic) bond motifs is 1. The third-order valence-electron chi connectivity index (χ3n) is 5.74. The van der Waals surface area contributed by atoms with Gasteiger partial charge in [0, 0.05) is 5.41 Å². The minimum atomic E-state index is 0.0224. The van der Waals surface area contributed by atoms with Crippen LogP contribution in [-0.4, -0.2) is 6.29 Å². The molecule has 0 aliphatic heterocycles. The van der Waals surface area contributed by atoms with Crippen molar-refractivity contribution >= 4 is 6.29 Å². The van der Waals surface area contributed by atoms with Gasteiger partial charge in [-0.2, -0.15) is 0 Å². The molecule has 0 aromatic heterocycles. The Bertz CT molecular complexity index is 285. The Morgan fingerprint density at radius 3 is 2.79 bits per heavy atom. The molecule has 5 unspecified atom stereocenters. The maximum atomic E-state index is 11.3. The second-order valence-corrected chi connectivity index (χ2v) is 6.36. The second-order valence-electron chi connectivity index (χ2n) is 6.36. The summed E-state index contributed by atoms with van der Waals surface area (Å²) >= 11 is 0. The standard InChI is InChI=1S/C13H20O/c1-9-6-12(2,8-14)11-5-10-3-4-13(9,11)7-10/h8-11H,3-7H2,1-2H3. The molecule has 14 heavy (non-hydrogen) atoms. The van der Waals surface area contributed by atoms with Gasteiger partial charge >= 0.3 is 0 Å². The first kappa shape index (κ1) is 8.94. The van der Waals surface area contributed by atoms with Gasteiger partial charge in [-0.25, -0.2) is 0 Å². The molecule has 2 bridgehead atoms. The smallest absolute Gasteiger partial charge is 0.126 e. The lowest BCUT2D eigenvalue weighted by molar-refractivity contribution is -0.118. The molecule has 5 atom stereocenters. The van der Waals surface area contributed by atoms with E-state index in [1.807, 2.05) is 0 Å². The first-order chi connectivity index (χ1) is 6.61. The average molecular weight is 192 g/mol. The van der Waals surface area contributed by atoms with Crippen molar-refractivity contribution in [2.45, 2.75) is 46.0 Å². The third-order valence-corrected chi connectivity index (χ3v) is 5.74. The van der Waals surface area contributed by atoms with Crippen LogP contribution in [0.1, 0.15) is 46.0 Å². The monoisotopic (exact) mass is 192 g/mol. The lowest BCUT2D eigenvalue weighted by Crippen LogP contribution is -2.32.